The maximum Gasteiger partial charge on any atom is 0.416 e. The van der Waals surface area contributed by atoms with Gasteiger partial charge in [-0.3, -0.25) is 0 Å². The van der Waals surface area contributed by atoms with Crippen LogP contribution in [0.4, 0.5) is 13.2 Å². The molecule has 3 rings (SSSR count). The maximum absolute atomic E-state index is 12.5. The molecule has 1 aromatic heterocycles. The number of benzene rings is 1. The Kier molecular flexibility index (Phi) is 3.41. The molecule has 6 heteroatoms. The molecule has 1 aliphatic heterocycles. The molecule has 0 saturated heterocycles. The van der Waals surface area contributed by atoms with Crippen molar-refractivity contribution in [1.29, 1.82) is 0 Å². The van der Waals surface area contributed by atoms with Crippen molar-refractivity contribution in [3.63, 3.8) is 0 Å². The average molecular weight is 296 g/mol. The van der Waals surface area contributed by atoms with Crippen molar-refractivity contribution < 1.29 is 13.2 Å². The van der Waals surface area contributed by atoms with Crippen LogP contribution >= 0.6 is 11.8 Å². The predicted octanol–water partition coefficient (Wildman–Crippen LogP) is 3.95. The summed E-state index contributed by atoms with van der Waals surface area (Å²) < 4.78 is 37.5. The van der Waals surface area contributed by atoms with Crippen molar-refractivity contribution in [2.45, 2.75) is 18.3 Å². The number of hydrogen-bond acceptors (Lipinski definition) is 3. The van der Waals surface area contributed by atoms with E-state index in [9.17, 15) is 13.2 Å². The van der Waals surface area contributed by atoms with Crippen LogP contribution in [-0.2, 0) is 18.3 Å². The first-order chi connectivity index (χ1) is 9.54. The van der Waals surface area contributed by atoms with Crippen molar-refractivity contribution in [2.75, 3.05) is 5.75 Å². The number of nitrogens with zero attached hydrogens (tertiary/aromatic N) is 2. The molecule has 2 aromatic rings. The molecule has 1 aliphatic rings. The highest BCUT2D eigenvalue weighted by Crippen LogP contribution is 2.31. The van der Waals surface area contributed by atoms with Gasteiger partial charge >= 0.3 is 6.18 Å². The van der Waals surface area contributed by atoms with E-state index in [1.54, 1.807) is 6.20 Å². The summed E-state index contributed by atoms with van der Waals surface area (Å²) in [6.45, 7) is 0. The van der Waals surface area contributed by atoms with Crippen molar-refractivity contribution in [1.82, 2.24) is 9.97 Å². The Morgan fingerprint density at radius 1 is 1.10 bits per heavy atom. The monoisotopic (exact) mass is 296 g/mol. The van der Waals surface area contributed by atoms with Gasteiger partial charge < -0.3 is 0 Å². The number of rotatable bonds is 1. The van der Waals surface area contributed by atoms with Gasteiger partial charge in [0.15, 0.2) is 5.82 Å². The number of aromatic nitrogens is 2. The number of thioether (sulfide) groups is 1. The molecule has 20 heavy (non-hydrogen) atoms. The molecule has 0 aliphatic carbocycles. The van der Waals surface area contributed by atoms with Gasteiger partial charge in [0, 0.05) is 17.5 Å². The Bertz CT molecular complexity index is 623. The van der Waals surface area contributed by atoms with Crippen LogP contribution in [0.1, 0.15) is 16.8 Å². The fraction of sp³-hybridized carbons (Fsp3) is 0.286. The molecule has 2 heterocycles. The lowest BCUT2D eigenvalue weighted by Crippen LogP contribution is -2.07. The van der Waals surface area contributed by atoms with Crippen LogP contribution in [-0.4, -0.2) is 15.7 Å². The topological polar surface area (TPSA) is 25.8 Å². The lowest BCUT2D eigenvalue weighted by atomic mass is 10.1. The highest BCUT2D eigenvalue weighted by Gasteiger charge is 2.30. The van der Waals surface area contributed by atoms with E-state index in [4.69, 9.17) is 0 Å². The third kappa shape index (κ3) is 2.65. The molecule has 2 nitrogen and oxygen atoms in total. The summed E-state index contributed by atoms with van der Waals surface area (Å²) in [5.41, 5.74) is 2.08. The summed E-state index contributed by atoms with van der Waals surface area (Å²) in [6, 6.07) is 4.96. The predicted molar refractivity (Wildman–Crippen MR) is 72.3 cm³/mol. The highest BCUT2D eigenvalue weighted by molar-refractivity contribution is 7.98. The molecule has 0 amide bonds. The van der Waals surface area contributed by atoms with Crippen molar-refractivity contribution >= 4 is 11.8 Å². The second-order valence-corrected chi connectivity index (χ2v) is 5.65. The largest absolute Gasteiger partial charge is 0.416 e. The van der Waals surface area contributed by atoms with E-state index in [0.717, 1.165) is 41.3 Å². The quantitative estimate of drug-likeness (QED) is 0.797. The van der Waals surface area contributed by atoms with Gasteiger partial charge in [0.1, 0.15) is 0 Å². The van der Waals surface area contributed by atoms with Crippen LogP contribution in [0, 0.1) is 0 Å². The minimum Gasteiger partial charge on any atom is -0.236 e. The molecule has 104 valence electrons. The van der Waals surface area contributed by atoms with E-state index in [2.05, 4.69) is 9.97 Å². The van der Waals surface area contributed by atoms with E-state index >= 15 is 0 Å². The fourth-order valence-electron chi connectivity index (χ4n) is 2.07. The molecule has 0 saturated carbocycles. The van der Waals surface area contributed by atoms with Crippen molar-refractivity contribution in [3.05, 3.63) is 47.3 Å². The Hall–Kier alpha value is -1.56. The van der Waals surface area contributed by atoms with Crippen LogP contribution in [0.2, 0.25) is 0 Å². The van der Waals surface area contributed by atoms with Gasteiger partial charge in [-0.05, 0) is 29.9 Å². The van der Waals surface area contributed by atoms with Gasteiger partial charge in [-0.25, -0.2) is 9.97 Å². The summed E-state index contributed by atoms with van der Waals surface area (Å²) in [6.07, 6.45) is -1.58. The Morgan fingerprint density at radius 2 is 1.85 bits per heavy atom. The first-order valence-electron chi connectivity index (χ1n) is 6.14. The van der Waals surface area contributed by atoms with Crippen molar-refractivity contribution in [2.24, 2.45) is 0 Å². The fourth-order valence-corrected chi connectivity index (χ4v) is 3.03. The van der Waals surface area contributed by atoms with Gasteiger partial charge in [0.05, 0.1) is 11.3 Å². The summed E-state index contributed by atoms with van der Waals surface area (Å²) in [7, 11) is 0. The van der Waals surface area contributed by atoms with Crippen molar-refractivity contribution in [3.8, 4) is 11.4 Å². The highest BCUT2D eigenvalue weighted by atomic mass is 32.2. The summed E-state index contributed by atoms with van der Waals surface area (Å²) in [5.74, 6) is 2.39. The molecule has 0 radical (unpaired) electrons. The zero-order valence-electron chi connectivity index (χ0n) is 10.4. The number of hydrogen-bond donors (Lipinski definition) is 0. The molecular formula is C14H11F3N2S. The zero-order valence-corrected chi connectivity index (χ0v) is 11.3. The van der Waals surface area contributed by atoms with Gasteiger partial charge in [-0.2, -0.15) is 24.9 Å². The lowest BCUT2D eigenvalue weighted by Gasteiger charge is -2.14. The molecule has 0 unspecified atom stereocenters. The SMILES string of the molecule is FC(F)(F)c1ccc(-c2ncc3c(n2)CSCC3)cc1. The van der Waals surface area contributed by atoms with Crippen LogP contribution < -0.4 is 0 Å². The molecule has 0 bridgehead atoms. The van der Waals surface area contributed by atoms with E-state index in [1.165, 1.54) is 12.1 Å². The van der Waals surface area contributed by atoms with E-state index < -0.39 is 11.7 Å². The van der Waals surface area contributed by atoms with Crippen LogP contribution in [0.25, 0.3) is 11.4 Å². The minimum absolute atomic E-state index is 0.486. The van der Waals surface area contributed by atoms with Gasteiger partial charge in [0.25, 0.3) is 0 Å². The third-order valence-electron chi connectivity index (χ3n) is 3.18. The first kappa shape index (κ1) is 13.4. The van der Waals surface area contributed by atoms with Crippen LogP contribution in [0.15, 0.2) is 30.5 Å². The van der Waals surface area contributed by atoms with Gasteiger partial charge in [-0.15, -0.1) is 0 Å². The molecular weight excluding hydrogens is 285 g/mol. The lowest BCUT2D eigenvalue weighted by molar-refractivity contribution is -0.137. The zero-order chi connectivity index (χ0) is 14.2. The standard InChI is InChI=1S/C14H11F3N2S/c15-14(16,17)11-3-1-9(2-4-11)13-18-7-10-5-6-20-8-12(10)19-13/h1-4,7H,5-6,8H2. The Morgan fingerprint density at radius 3 is 2.55 bits per heavy atom. The molecule has 0 N–H and O–H groups in total. The molecule has 0 atom stereocenters. The average Bonchev–Trinajstić information content (AvgIpc) is 2.46. The Balaban J connectivity index is 1.93. The smallest absolute Gasteiger partial charge is 0.236 e. The van der Waals surface area contributed by atoms with Gasteiger partial charge in [0.2, 0.25) is 0 Å². The number of alkyl halides is 3. The second kappa shape index (κ2) is 5.09. The van der Waals surface area contributed by atoms with E-state index in [0.29, 0.717) is 11.4 Å². The van der Waals surface area contributed by atoms with E-state index in [-0.39, 0.29) is 0 Å². The first-order valence-corrected chi connectivity index (χ1v) is 7.30. The second-order valence-electron chi connectivity index (χ2n) is 4.54. The van der Waals surface area contributed by atoms with Crippen LogP contribution in [0.3, 0.4) is 0 Å². The molecule has 0 fully saturated rings. The summed E-state index contributed by atoms with van der Waals surface area (Å²) in [4.78, 5) is 8.71. The number of fused-ring (bicyclic) bond motifs is 1. The number of aryl methyl sites for hydroxylation is 1. The third-order valence-corrected chi connectivity index (χ3v) is 4.15. The molecule has 0 spiro atoms. The van der Waals surface area contributed by atoms with Crippen LogP contribution in [0.5, 0.6) is 0 Å². The molecule has 1 aromatic carbocycles. The maximum atomic E-state index is 12.5. The minimum atomic E-state index is -4.31. The Labute approximate surface area is 118 Å². The summed E-state index contributed by atoms with van der Waals surface area (Å²) in [5, 5.41) is 0. The number of halogens is 3. The normalized spacial score (nSPS) is 14.9. The van der Waals surface area contributed by atoms with Gasteiger partial charge in [-0.1, -0.05) is 12.1 Å². The van der Waals surface area contributed by atoms with E-state index in [1.807, 2.05) is 11.8 Å². The summed E-state index contributed by atoms with van der Waals surface area (Å²) >= 11 is 1.81.